The van der Waals surface area contributed by atoms with Gasteiger partial charge in [-0.05, 0) is 39.0 Å². The highest BCUT2D eigenvalue weighted by molar-refractivity contribution is 7.89. The molecule has 0 aliphatic carbocycles. The zero-order valence-electron chi connectivity index (χ0n) is 13.3. The summed E-state index contributed by atoms with van der Waals surface area (Å²) in [7, 11) is -2.59. The van der Waals surface area contributed by atoms with E-state index < -0.39 is 21.9 Å². The quantitative estimate of drug-likeness (QED) is 0.868. The van der Waals surface area contributed by atoms with Crippen LogP contribution in [0.1, 0.15) is 38.7 Å². The van der Waals surface area contributed by atoms with E-state index in [4.69, 9.17) is 4.74 Å². The maximum atomic E-state index is 13.7. The Hall–Kier alpha value is -2.00. The molecular weight excluding hydrogens is 323 g/mol. The molecule has 1 aromatic heterocycles. The number of halogens is 1. The first-order valence-corrected chi connectivity index (χ1v) is 8.50. The van der Waals surface area contributed by atoms with Gasteiger partial charge in [-0.2, -0.15) is 0 Å². The van der Waals surface area contributed by atoms with Gasteiger partial charge in [0.1, 0.15) is 6.33 Å². The minimum Gasteiger partial charge on any atom is -0.494 e. The summed E-state index contributed by atoms with van der Waals surface area (Å²) in [6.07, 6.45) is 1.54. The number of hydrogen-bond donors (Lipinski definition) is 1. The van der Waals surface area contributed by atoms with Crippen LogP contribution in [0, 0.1) is 5.82 Å². The van der Waals surface area contributed by atoms with Gasteiger partial charge in [-0.1, -0.05) is 0 Å². The second kappa shape index (κ2) is 6.63. The summed E-state index contributed by atoms with van der Waals surface area (Å²) in [5.41, 5.74) is 0. The molecule has 0 amide bonds. The minimum absolute atomic E-state index is 0.0171. The van der Waals surface area contributed by atoms with Crippen LogP contribution in [0.3, 0.4) is 0 Å². The Bertz CT molecular complexity index is 789. The molecule has 2 rings (SSSR count). The summed E-state index contributed by atoms with van der Waals surface area (Å²) in [5.74, 6) is -0.275. The predicted octanol–water partition coefficient (Wildman–Crippen LogP) is 2.05. The van der Waals surface area contributed by atoms with Gasteiger partial charge in [-0.25, -0.2) is 17.5 Å². The Kier molecular flexibility index (Phi) is 5.00. The van der Waals surface area contributed by atoms with E-state index >= 15 is 0 Å². The molecule has 7 nitrogen and oxygen atoms in total. The molecule has 0 aliphatic heterocycles. The molecule has 1 atom stereocenters. The molecule has 0 saturated carbocycles. The van der Waals surface area contributed by atoms with Crippen LogP contribution >= 0.6 is 0 Å². The Morgan fingerprint density at radius 2 is 2.00 bits per heavy atom. The standard InChI is InChI=1S/C14H19FN4O3S/c1-9(2)19-8-16-17-14(19)10(3)18-23(20,21)11-5-6-13(22-4)12(15)7-11/h5-10,18H,1-4H3. The molecule has 1 unspecified atom stereocenters. The van der Waals surface area contributed by atoms with E-state index in [9.17, 15) is 12.8 Å². The second-order valence-corrected chi connectivity index (χ2v) is 7.04. The normalized spacial score (nSPS) is 13.3. The first kappa shape index (κ1) is 17.4. The largest absolute Gasteiger partial charge is 0.494 e. The summed E-state index contributed by atoms with van der Waals surface area (Å²) >= 11 is 0. The smallest absolute Gasteiger partial charge is 0.241 e. The lowest BCUT2D eigenvalue weighted by molar-refractivity contribution is 0.385. The topological polar surface area (TPSA) is 86.1 Å². The van der Waals surface area contributed by atoms with Gasteiger partial charge in [0, 0.05) is 6.04 Å². The highest BCUT2D eigenvalue weighted by Crippen LogP contribution is 2.22. The summed E-state index contributed by atoms with van der Waals surface area (Å²) < 4.78 is 47.5. The van der Waals surface area contributed by atoms with Gasteiger partial charge in [0.05, 0.1) is 18.0 Å². The first-order valence-electron chi connectivity index (χ1n) is 7.01. The van der Waals surface area contributed by atoms with Gasteiger partial charge in [-0.3, -0.25) is 0 Å². The third kappa shape index (κ3) is 3.67. The van der Waals surface area contributed by atoms with Crippen molar-refractivity contribution in [2.24, 2.45) is 0 Å². The van der Waals surface area contributed by atoms with E-state index in [1.807, 2.05) is 13.8 Å². The molecule has 1 aromatic carbocycles. The summed E-state index contributed by atoms with van der Waals surface area (Å²) in [5, 5.41) is 7.76. The molecule has 0 spiro atoms. The number of ether oxygens (including phenoxy) is 1. The highest BCUT2D eigenvalue weighted by Gasteiger charge is 2.23. The fraction of sp³-hybridized carbons (Fsp3) is 0.429. The molecule has 126 valence electrons. The van der Waals surface area contributed by atoms with Gasteiger partial charge in [0.25, 0.3) is 0 Å². The number of methoxy groups -OCH3 is 1. The molecule has 2 aromatic rings. The van der Waals surface area contributed by atoms with Crippen LogP contribution in [-0.4, -0.2) is 30.3 Å². The van der Waals surface area contributed by atoms with Crippen molar-refractivity contribution in [3.05, 3.63) is 36.2 Å². The minimum atomic E-state index is -3.90. The Balaban J connectivity index is 2.27. The maximum absolute atomic E-state index is 13.7. The van der Waals surface area contributed by atoms with Gasteiger partial charge in [-0.15, -0.1) is 10.2 Å². The third-order valence-electron chi connectivity index (χ3n) is 3.31. The highest BCUT2D eigenvalue weighted by atomic mass is 32.2. The van der Waals surface area contributed by atoms with Gasteiger partial charge < -0.3 is 9.30 Å². The monoisotopic (exact) mass is 342 g/mol. The maximum Gasteiger partial charge on any atom is 0.241 e. The van der Waals surface area contributed by atoms with Crippen LogP contribution in [0.4, 0.5) is 4.39 Å². The number of nitrogens with one attached hydrogen (secondary N) is 1. The molecule has 0 bridgehead atoms. The van der Waals surface area contributed by atoms with Crippen LogP contribution in [0.2, 0.25) is 0 Å². The lowest BCUT2D eigenvalue weighted by Gasteiger charge is -2.17. The van der Waals surface area contributed by atoms with E-state index in [0.717, 1.165) is 6.07 Å². The first-order chi connectivity index (χ1) is 10.8. The van der Waals surface area contributed by atoms with E-state index in [1.54, 1.807) is 11.5 Å². The summed E-state index contributed by atoms with van der Waals surface area (Å²) in [6.45, 7) is 5.53. The number of rotatable bonds is 6. The second-order valence-electron chi connectivity index (χ2n) is 5.33. The van der Waals surface area contributed by atoms with Gasteiger partial charge >= 0.3 is 0 Å². The molecular formula is C14H19FN4O3S. The van der Waals surface area contributed by atoms with Crippen LogP contribution < -0.4 is 9.46 Å². The van der Waals surface area contributed by atoms with Gasteiger partial charge in [0.15, 0.2) is 17.4 Å². The zero-order chi connectivity index (χ0) is 17.2. The number of hydrogen-bond acceptors (Lipinski definition) is 5. The molecule has 9 heteroatoms. The Morgan fingerprint density at radius 3 is 2.57 bits per heavy atom. The number of sulfonamides is 1. The molecule has 23 heavy (non-hydrogen) atoms. The van der Waals surface area contributed by atoms with Crippen molar-refractivity contribution in [3.8, 4) is 5.75 Å². The fourth-order valence-electron chi connectivity index (χ4n) is 2.13. The SMILES string of the molecule is COc1ccc(S(=O)(=O)NC(C)c2nncn2C(C)C)cc1F. The van der Waals surface area contributed by atoms with Crippen molar-refractivity contribution < 1.29 is 17.5 Å². The Labute approximate surface area is 134 Å². The van der Waals surface area contributed by atoms with Crippen molar-refractivity contribution in [2.45, 2.75) is 37.8 Å². The van der Waals surface area contributed by atoms with Crippen molar-refractivity contribution in [2.75, 3.05) is 7.11 Å². The van der Waals surface area contributed by atoms with E-state index in [-0.39, 0.29) is 16.7 Å². The van der Waals surface area contributed by atoms with E-state index in [0.29, 0.717) is 5.82 Å². The van der Waals surface area contributed by atoms with Crippen LogP contribution in [0.25, 0.3) is 0 Å². The molecule has 0 saturated heterocycles. The number of nitrogens with zero attached hydrogens (tertiary/aromatic N) is 3. The molecule has 1 heterocycles. The van der Waals surface area contributed by atoms with Crippen LogP contribution in [0.15, 0.2) is 29.4 Å². The Morgan fingerprint density at radius 1 is 1.30 bits per heavy atom. The molecule has 0 radical (unpaired) electrons. The molecule has 0 aliphatic rings. The van der Waals surface area contributed by atoms with Crippen molar-refractivity contribution in [1.29, 1.82) is 0 Å². The van der Waals surface area contributed by atoms with Crippen LogP contribution in [-0.2, 0) is 10.0 Å². The predicted molar refractivity (Wildman–Crippen MR) is 82.1 cm³/mol. The van der Waals surface area contributed by atoms with Crippen LogP contribution in [0.5, 0.6) is 5.75 Å². The van der Waals surface area contributed by atoms with E-state index in [1.165, 1.54) is 25.6 Å². The lowest BCUT2D eigenvalue weighted by atomic mass is 10.3. The average Bonchev–Trinajstić information content (AvgIpc) is 2.96. The third-order valence-corrected chi connectivity index (χ3v) is 4.85. The zero-order valence-corrected chi connectivity index (χ0v) is 14.1. The average molecular weight is 342 g/mol. The van der Waals surface area contributed by atoms with Gasteiger partial charge in [0.2, 0.25) is 10.0 Å². The van der Waals surface area contributed by atoms with E-state index in [2.05, 4.69) is 14.9 Å². The number of aromatic nitrogens is 3. The van der Waals surface area contributed by atoms with Crippen molar-refractivity contribution in [1.82, 2.24) is 19.5 Å². The fourth-order valence-corrected chi connectivity index (χ4v) is 3.34. The summed E-state index contributed by atoms with van der Waals surface area (Å²) in [4.78, 5) is -0.182. The molecule has 1 N–H and O–H groups in total. The van der Waals surface area contributed by atoms with Crippen molar-refractivity contribution >= 4 is 10.0 Å². The summed E-state index contributed by atoms with van der Waals surface area (Å²) in [6, 6.07) is 2.94. The molecule has 0 fully saturated rings. The number of benzene rings is 1. The van der Waals surface area contributed by atoms with Crippen molar-refractivity contribution in [3.63, 3.8) is 0 Å². The lowest BCUT2D eigenvalue weighted by Crippen LogP contribution is -2.29.